The van der Waals surface area contributed by atoms with Gasteiger partial charge in [0.05, 0.1) is 19.3 Å². The van der Waals surface area contributed by atoms with Gasteiger partial charge >= 0.3 is 11.9 Å². The zero-order valence-corrected chi connectivity index (χ0v) is 11.8. The lowest BCUT2D eigenvalue weighted by Crippen LogP contribution is -2.14. The summed E-state index contributed by atoms with van der Waals surface area (Å²) < 4.78 is 14.8. The van der Waals surface area contributed by atoms with E-state index >= 15 is 0 Å². The molecule has 1 aromatic carbocycles. The van der Waals surface area contributed by atoms with Crippen molar-refractivity contribution in [2.45, 2.75) is 13.8 Å². The molecule has 0 aliphatic heterocycles. The Morgan fingerprint density at radius 1 is 1.15 bits per heavy atom. The molecular formula is C15H18O5. The van der Waals surface area contributed by atoms with E-state index in [1.807, 2.05) is 0 Å². The summed E-state index contributed by atoms with van der Waals surface area (Å²) in [6.07, 6.45) is 1.63. The summed E-state index contributed by atoms with van der Waals surface area (Å²) in [7, 11) is 1.58. The van der Waals surface area contributed by atoms with Crippen LogP contribution < -0.4 is 4.74 Å². The Morgan fingerprint density at radius 2 is 1.80 bits per heavy atom. The zero-order valence-electron chi connectivity index (χ0n) is 11.8. The lowest BCUT2D eigenvalue weighted by atomic mass is 10.1. The highest BCUT2D eigenvalue weighted by atomic mass is 16.5. The standard InChI is InChI=1S/C15H18O5/c1-4-19-15(17)13(10-20-11(2)16)9-12-5-7-14(18-3)8-6-12/h5-9H,4,10H2,1-3H3/b13-9+. The molecule has 1 rings (SSSR count). The van der Waals surface area contributed by atoms with Crippen molar-refractivity contribution in [3.63, 3.8) is 0 Å². The van der Waals surface area contributed by atoms with Gasteiger partial charge in [-0.15, -0.1) is 0 Å². The van der Waals surface area contributed by atoms with Gasteiger partial charge in [-0.3, -0.25) is 4.79 Å². The maximum atomic E-state index is 11.8. The number of hydrogen-bond donors (Lipinski definition) is 0. The fraction of sp³-hybridized carbons (Fsp3) is 0.333. The minimum atomic E-state index is -0.496. The topological polar surface area (TPSA) is 61.8 Å². The summed E-state index contributed by atoms with van der Waals surface area (Å²) in [6.45, 7) is 3.16. The van der Waals surface area contributed by atoms with Crippen LogP contribution in [-0.4, -0.2) is 32.3 Å². The third-order valence-electron chi connectivity index (χ3n) is 2.43. The third kappa shape index (κ3) is 5.14. The SMILES string of the molecule is CCOC(=O)/C(=C/c1ccc(OC)cc1)COC(C)=O. The molecule has 0 amide bonds. The number of methoxy groups -OCH3 is 1. The predicted molar refractivity (Wildman–Crippen MR) is 74.2 cm³/mol. The lowest BCUT2D eigenvalue weighted by molar-refractivity contribution is -0.142. The first-order valence-electron chi connectivity index (χ1n) is 6.22. The highest BCUT2D eigenvalue weighted by Crippen LogP contribution is 2.15. The minimum Gasteiger partial charge on any atom is -0.497 e. The maximum Gasteiger partial charge on any atom is 0.337 e. The van der Waals surface area contributed by atoms with Gasteiger partial charge in [0.1, 0.15) is 12.4 Å². The van der Waals surface area contributed by atoms with Crippen molar-refractivity contribution in [2.24, 2.45) is 0 Å². The molecular weight excluding hydrogens is 260 g/mol. The summed E-state index contributed by atoms with van der Waals surface area (Å²) in [5.41, 5.74) is 1.08. The van der Waals surface area contributed by atoms with Crippen LogP contribution in [0, 0.1) is 0 Å². The van der Waals surface area contributed by atoms with Crippen molar-refractivity contribution in [3.05, 3.63) is 35.4 Å². The van der Waals surface area contributed by atoms with E-state index in [-0.39, 0.29) is 18.8 Å². The van der Waals surface area contributed by atoms with Crippen LogP contribution in [0.5, 0.6) is 5.75 Å². The van der Waals surface area contributed by atoms with Crippen molar-refractivity contribution in [1.29, 1.82) is 0 Å². The molecule has 0 aromatic heterocycles. The van der Waals surface area contributed by atoms with Crippen LogP contribution in [0.2, 0.25) is 0 Å². The van der Waals surface area contributed by atoms with E-state index < -0.39 is 11.9 Å². The fourth-order valence-corrected chi connectivity index (χ4v) is 1.46. The van der Waals surface area contributed by atoms with Gasteiger partial charge < -0.3 is 14.2 Å². The smallest absolute Gasteiger partial charge is 0.337 e. The molecule has 0 radical (unpaired) electrons. The largest absolute Gasteiger partial charge is 0.497 e. The average Bonchev–Trinajstić information content (AvgIpc) is 2.44. The number of benzene rings is 1. The highest BCUT2D eigenvalue weighted by molar-refractivity contribution is 5.94. The first-order valence-corrected chi connectivity index (χ1v) is 6.22. The molecule has 0 fully saturated rings. The second-order valence-electron chi connectivity index (χ2n) is 3.94. The Balaban J connectivity index is 2.91. The molecule has 0 bridgehead atoms. The van der Waals surface area contributed by atoms with Crippen LogP contribution in [0.4, 0.5) is 0 Å². The van der Waals surface area contributed by atoms with Crippen LogP contribution in [0.1, 0.15) is 19.4 Å². The van der Waals surface area contributed by atoms with Crippen LogP contribution in [0.25, 0.3) is 6.08 Å². The first-order chi connectivity index (χ1) is 9.56. The van der Waals surface area contributed by atoms with Gasteiger partial charge in [-0.1, -0.05) is 12.1 Å². The van der Waals surface area contributed by atoms with Gasteiger partial charge in [0, 0.05) is 6.92 Å². The fourth-order valence-electron chi connectivity index (χ4n) is 1.46. The molecule has 0 heterocycles. The average molecular weight is 278 g/mol. The summed E-state index contributed by atoms with van der Waals surface area (Å²) in [5.74, 6) is -0.223. The second-order valence-corrected chi connectivity index (χ2v) is 3.94. The Morgan fingerprint density at radius 3 is 2.30 bits per heavy atom. The number of carbonyl (C=O) groups is 2. The van der Waals surface area contributed by atoms with E-state index in [0.29, 0.717) is 0 Å². The molecule has 0 unspecified atom stereocenters. The van der Waals surface area contributed by atoms with E-state index in [9.17, 15) is 9.59 Å². The lowest BCUT2D eigenvalue weighted by Gasteiger charge is -2.07. The number of rotatable bonds is 6. The van der Waals surface area contributed by atoms with E-state index in [1.165, 1.54) is 6.92 Å². The summed E-state index contributed by atoms with van der Waals surface area (Å²) in [6, 6.07) is 7.15. The highest BCUT2D eigenvalue weighted by Gasteiger charge is 2.12. The molecule has 0 N–H and O–H groups in total. The van der Waals surface area contributed by atoms with Crippen molar-refractivity contribution in [1.82, 2.24) is 0 Å². The summed E-state index contributed by atoms with van der Waals surface area (Å²) in [4.78, 5) is 22.6. The van der Waals surface area contributed by atoms with Gasteiger partial charge in [-0.25, -0.2) is 4.79 Å². The van der Waals surface area contributed by atoms with Gasteiger partial charge in [-0.2, -0.15) is 0 Å². The number of hydrogen-bond acceptors (Lipinski definition) is 5. The molecule has 0 spiro atoms. The summed E-state index contributed by atoms with van der Waals surface area (Å²) in [5, 5.41) is 0. The van der Waals surface area contributed by atoms with E-state index in [1.54, 1.807) is 44.4 Å². The molecule has 0 saturated carbocycles. The number of esters is 2. The first kappa shape index (κ1) is 15.8. The van der Waals surface area contributed by atoms with Crippen molar-refractivity contribution >= 4 is 18.0 Å². The summed E-state index contributed by atoms with van der Waals surface area (Å²) >= 11 is 0. The van der Waals surface area contributed by atoms with E-state index in [2.05, 4.69) is 0 Å². The molecule has 5 heteroatoms. The van der Waals surface area contributed by atoms with Crippen molar-refractivity contribution in [3.8, 4) is 5.75 Å². The monoisotopic (exact) mass is 278 g/mol. The molecule has 0 aliphatic carbocycles. The Labute approximate surface area is 118 Å². The minimum absolute atomic E-state index is 0.111. The van der Waals surface area contributed by atoms with Crippen LogP contribution in [0.3, 0.4) is 0 Å². The molecule has 1 aromatic rings. The van der Waals surface area contributed by atoms with Crippen molar-refractivity contribution in [2.75, 3.05) is 20.3 Å². The van der Waals surface area contributed by atoms with Gasteiger partial charge in [0.15, 0.2) is 0 Å². The molecule has 20 heavy (non-hydrogen) atoms. The van der Waals surface area contributed by atoms with Gasteiger partial charge in [0.25, 0.3) is 0 Å². The third-order valence-corrected chi connectivity index (χ3v) is 2.43. The molecule has 0 saturated heterocycles. The zero-order chi connectivity index (χ0) is 15.0. The number of carbonyl (C=O) groups excluding carboxylic acids is 2. The van der Waals surface area contributed by atoms with Crippen LogP contribution in [-0.2, 0) is 19.1 Å². The number of ether oxygens (including phenoxy) is 3. The molecule has 108 valence electrons. The maximum absolute atomic E-state index is 11.8. The van der Waals surface area contributed by atoms with Crippen LogP contribution >= 0.6 is 0 Å². The quantitative estimate of drug-likeness (QED) is 0.589. The molecule has 0 aliphatic rings. The van der Waals surface area contributed by atoms with E-state index in [4.69, 9.17) is 14.2 Å². The molecule has 5 nitrogen and oxygen atoms in total. The van der Waals surface area contributed by atoms with Crippen molar-refractivity contribution < 1.29 is 23.8 Å². The predicted octanol–water partition coefficient (Wildman–Crippen LogP) is 2.20. The normalized spacial score (nSPS) is 10.8. The van der Waals surface area contributed by atoms with Gasteiger partial charge in [0.2, 0.25) is 0 Å². The van der Waals surface area contributed by atoms with Crippen LogP contribution in [0.15, 0.2) is 29.8 Å². The molecule has 0 atom stereocenters. The second kappa shape index (κ2) is 7.99. The van der Waals surface area contributed by atoms with E-state index in [0.717, 1.165) is 11.3 Å². The Kier molecular flexibility index (Phi) is 6.29. The Bertz CT molecular complexity index is 487. The van der Waals surface area contributed by atoms with Gasteiger partial charge in [-0.05, 0) is 30.7 Å². The Hall–Kier alpha value is -2.30.